The van der Waals surface area contributed by atoms with Crippen LogP contribution < -0.4 is 10.6 Å². The van der Waals surface area contributed by atoms with Crippen molar-refractivity contribution in [3.05, 3.63) is 29.8 Å². The molecule has 21 heavy (non-hydrogen) atoms. The number of benzene rings is 1. The van der Waals surface area contributed by atoms with Crippen LogP contribution in [-0.2, 0) is 0 Å². The van der Waals surface area contributed by atoms with E-state index >= 15 is 0 Å². The fourth-order valence-corrected chi connectivity index (χ4v) is 4.10. The Morgan fingerprint density at radius 2 is 2.00 bits per heavy atom. The van der Waals surface area contributed by atoms with Crippen molar-refractivity contribution in [3.8, 4) is 0 Å². The lowest BCUT2D eigenvalue weighted by molar-refractivity contribution is 0.286. The Labute approximate surface area is 129 Å². The zero-order chi connectivity index (χ0) is 14.7. The standard InChI is InChI=1S/C19H30N2/c1-14(2)15-7-5-8-16(13-15)21-19-11-6-9-17(19)18-10-3-4-12-20-18/h5,7-8,13-14,17-21H,3-4,6,9-12H2,1-2H3. The van der Waals surface area contributed by atoms with Crippen molar-refractivity contribution in [1.82, 2.24) is 5.32 Å². The van der Waals surface area contributed by atoms with Crippen LogP contribution in [0.2, 0.25) is 0 Å². The van der Waals surface area contributed by atoms with Gasteiger partial charge in [-0.3, -0.25) is 0 Å². The molecule has 0 spiro atoms. The highest BCUT2D eigenvalue weighted by Crippen LogP contribution is 2.34. The smallest absolute Gasteiger partial charge is 0.0345 e. The second-order valence-electron chi connectivity index (χ2n) is 7.18. The maximum atomic E-state index is 3.84. The van der Waals surface area contributed by atoms with Gasteiger partial charge < -0.3 is 10.6 Å². The van der Waals surface area contributed by atoms with Crippen LogP contribution in [0.4, 0.5) is 5.69 Å². The molecular weight excluding hydrogens is 256 g/mol. The summed E-state index contributed by atoms with van der Waals surface area (Å²) in [5.41, 5.74) is 2.75. The third-order valence-electron chi connectivity index (χ3n) is 5.34. The van der Waals surface area contributed by atoms with Crippen LogP contribution in [0.15, 0.2) is 24.3 Å². The Kier molecular flexibility index (Phi) is 4.84. The maximum absolute atomic E-state index is 3.84. The highest BCUT2D eigenvalue weighted by Gasteiger charge is 2.34. The summed E-state index contributed by atoms with van der Waals surface area (Å²) in [6, 6.07) is 10.4. The molecule has 2 heteroatoms. The van der Waals surface area contributed by atoms with Gasteiger partial charge in [0, 0.05) is 17.8 Å². The lowest BCUT2D eigenvalue weighted by Crippen LogP contribution is -2.44. The molecule has 1 aromatic carbocycles. The number of piperidine rings is 1. The van der Waals surface area contributed by atoms with E-state index in [0.29, 0.717) is 12.0 Å². The van der Waals surface area contributed by atoms with Crippen molar-refractivity contribution in [2.75, 3.05) is 11.9 Å². The van der Waals surface area contributed by atoms with Crippen molar-refractivity contribution in [3.63, 3.8) is 0 Å². The summed E-state index contributed by atoms with van der Waals surface area (Å²) >= 11 is 0. The molecule has 1 aliphatic carbocycles. The van der Waals surface area contributed by atoms with Gasteiger partial charge in [-0.1, -0.05) is 38.8 Å². The SMILES string of the molecule is CC(C)c1cccc(NC2CCCC2C2CCCCN2)c1. The van der Waals surface area contributed by atoms with Gasteiger partial charge in [-0.05, 0) is 61.8 Å². The average Bonchev–Trinajstić information content (AvgIpc) is 2.96. The summed E-state index contributed by atoms with van der Waals surface area (Å²) in [4.78, 5) is 0. The largest absolute Gasteiger partial charge is 0.382 e. The van der Waals surface area contributed by atoms with E-state index in [0.717, 1.165) is 12.0 Å². The van der Waals surface area contributed by atoms with Crippen molar-refractivity contribution in [2.24, 2.45) is 5.92 Å². The Balaban J connectivity index is 1.66. The molecule has 2 N–H and O–H groups in total. The van der Waals surface area contributed by atoms with Crippen LogP contribution in [0.3, 0.4) is 0 Å². The molecule has 2 aliphatic rings. The van der Waals surface area contributed by atoms with Gasteiger partial charge in [0.25, 0.3) is 0 Å². The van der Waals surface area contributed by atoms with Crippen LogP contribution in [0.5, 0.6) is 0 Å². The first-order valence-electron chi connectivity index (χ1n) is 8.84. The molecule has 0 radical (unpaired) electrons. The summed E-state index contributed by atoms with van der Waals surface area (Å²) in [5.74, 6) is 1.42. The van der Waals surface area contributed by atoms with Gasteiger partial charge in [-0.15, -0.1) is 0 Å². The van der Waals surface area contributed by atoms with Crippen LogP contribution >= 0.6 is 0 Å². The summed E-state index contributed by atoms with van der Waals surface area (Å²) in [6.07, 6.45) is 8.23. The molecule has 1 heterocycles. The van der Waals surface area contributed by atoms with Gasteiger partial charge in [0.2, 0.25) is 0 Å². The van der Waals surface area contributed by atoms with Gasteiger partial charge in [-0.25, -0.2) is 0 Å². The molecule has 2 nitrogen and oxygen atoms in total. The topological polar surface area (TPSA) is 24.1 Å². The number of hydrogen-bond acceptors (Lipinski definition) is 2. The molecule has 1 aliphatic heterocycles. The Morgan fingerprint density at radius 3 is 2.76 bits per heavy atom. The number of hydrogen-bond donors (Lipinski definition) is 2. The normalized spacial score (nSPS) is 29.8. The van der Waals surface area contributed by atoms with Gasteiger partial charge in [0.15, 0.2) is 0 Å². The second kappa shape index (κ2) is 6.83. The number of anilines is 1. The summed E-state index contributed by atoms with van der Waals surface area (Å²) in [6.45, 7) is 5.75. The van der Waals surface area contributed by atoms with Gasteiger partial charge in [0.1, 0.15) is 0 Å². The predicted octanol–water partition coefficient (Wildman–Crippen LogP) is 4.53. The minimum Gasteiger partial charge on any atom is -0.382 e. The van der Waals surface area contributed by atoms with E-state index < -0.39 is 0 Å². The molecule has 2 fully saturated rings. The van der Waals surface area contributed by atoms with E-state index in [1.165, 1.54) is 56.3 Å². The van der Waals surface area contributed by atoms with Gasteiger partial charge >= 0.3 is 0 Å². The molecule has 3 atom stereocenters. The van der Waals surface area contributed by atoms with Crippen molar-refractivity contribution in [2.45, 2.75) is 70.4 Å². The fourth-order valence-electron chi connectivity index (χ4n) is 4.10. The Hall–Kier alpha value is -1.02. The van der Waals surface area contributed by atoms with Crippen LogP contribution in [0.25, 0.3) is 0 Å². The van der Waals surface area contributed by atoms with Crippen molar-refractivity contribution in [1.29, 1.82) is 0 Å². The summed E-state index contributed by atoms with van der Waals surface area (Å²) in [5, 5.41) is 7.61. The highest BCUT2D eigenvalue weighted by atomic mass is 15.0. The molecular formula is C19H30N2. The first-order chi connectivity index (χ1) is 10.2. The quantitative estimate of drug-likeness (QED) is 0.849. The minimum atomic E-state index is 0.603. The molecule has 0 amide bonds. The lowest BCUT2D eigenvalue weighted by atomic mass is 9.88. The Morgan fingerprint density at radius 1 is 1.10 bits per heavy atom. The first kappa shape index (κ1) is 14.9. The molecule has 116 valence electrons. The van der Waals surface area contributed by atoms with E-state index in [2.05, 4.69) is 48.7 Å². The van der Waals surface area contributed by atoms with Crippen molar-refractivity contribution < 1.29 is 0 Å². The van der Waals surface area contributed by atoms with Crippen LogP contribution in [0.1, 0.15) is 63.9 Å². The van der Waals surface area contributed by atoms with Crippen molar-refractivity contribution >= 4 is 5.69 Å². The zero-order valence-corrected chi connectivity index (χ0v) is 13.6. The highest BCUT2D eigenvalue weighted by molar-refractivity contribution is 5.47. The molecule has 1 aromatic rings. The fraction of sp³-hybridized carbons (Fsp3) is 0.684. The van der Waals surface area contributed by atoms with Crippen LogP contribution in [-0.4, -0.2) is 18.6 Å². The molecule has 1 saturated carbocycles. The van der Waals surface area contributed by atoms with E-state index in [1.807, 2.05) is 0 Å². The second-order valence-corrected chi connectivity index (χ2v) is 7.18. The van der Waals surface area contributed by atoms with E-state index in [4.69, 9.17) is 0 Å². The zero-order valence-electron chi connectivity index (χ0n) is 13.6. The average molecular weight is 286 g/mol. The van der Waals surface area contributed by atoms with E-state index in [9.17, 15) is 0 Å². The minimum absolute atomic E-state index is 0.603. The van der Waals surface area contributed by atoms with E-state index in [1.54, 1.807) is 0 Å². The maximum Gasteiger partial charge on any atom is 0.0345 e. The summed E-state index contributed by atoms with van der Waals surface area (Å²) in [7, 11) is 0. The Bertz CT molecular complexity index is 449. The predicted molar refractivity (Wildman–Crippen MR) is 90.9 cm³/mol. The van der Waals surface area contributed by atoms with Crippen LogP contribution in [0, 0.1) is 5.92 Å². The molecule has 0 bridgehead atoms. The third kappa shape index (κ3) is 3.60. The number of rotatable bonds is 4. The monoisotopic (exact) mass is 286 g/mol. The van der Waals surface area contributed by atoms with E-state index in [-0.39, 0.29) is 0 Å². The van der Waals surface area contributed by atoms with Gasteiger partial charge in [-0.2, -0.15) is 0 Å². The molecule has 0 aromatic heterocycles. The number of nitrogens with one attached hydrogen (secondary N) is 2. The molecule has 3 rings (SSSR count). The van der Waals surface area contributed by atoms with Gasteiger partial charge in [0.05, 0.1) is 0 Å². The lowest BCUT2D eigenvalue weighted by Gasteiger charge is -2.33. The summed E-state index contributed by atoms with van der Waals surface area (Å²) < 4.78 is 0. The molecule has 1 saturated heterocycles. The molecule has 3 unspecified atom stereocenters. The first-order valence-corrected chi connectivity index (χ1v) is 8.84. The third-order valence-corrected chi connectivity index (χ3v) is 5.34.